The van der Waals surface area contributed by atoms with Crippen LogP contribution in [0.3, 0.4) is 0 Å². The van der Waals surface area contributed by atoms with Crippen LogP contribution in [-0.4, -0.2) is 48.3 Å². The summed E-state index contributed by atoms with van der Waals surface area (Å²) in [6.07, 6.45) is -0.440. The summed E-state index contributed by atoms with van der Waals surface area (Å²) in [4.78, 5) is 24.9. The third-order valence-electron chi connectivity index (χ3n) is 2.61. The number of amides is 1. The highest BCUT2D eigenvalue weighted by molar-refractivity contribution is 5.76. The van der Waals surface area contributed by atoms with Gasteiger partial charge in [-0.1, -0.05) is 0 Å². The Morgan fingerprint density at radius 3 is 2.44 bits per heavy atom. The lowest BCUT2D eigenvalue weighted by atomic mass is 10.1. The van der Waals surface area contributed by atoms with Crippen molar-refractivity contribution in [1.29, 1.82) is 0 Å². The Morgan fingerprint density at radius 1 is 1.33 bits per heavy atom. The van der Waals surface area contributed by atoms with Crippen molar-refractivity contribution in [2.45, 2.75) is 39.3 Å². The molecule has 1 rings (SSSR count). The van der Waals surface area contributed by atoms with Gasteiger partial charge >= 0.3 is 12.1 Å². The first-order chi connectivity index (χ1) is 8.24. The second-order valence-electron chi connectivity index (χ2n) is 5.41. The topological polar surface area (TPSA) is 81.9 Å². The van der Waals surface area contributed by atoms with Crippen molar-refractivity contribution in [2.24, 2.45) is 11.7 Å². The Hall–Kier alpha value is -1.30. The van der Waals surface area contributed by atoms with Crippen LogP contribution in [0.15, 0.2) is 0 Å². The van der Waals surface area contributed by atoms with Gasteiger partial charge in [0.1, 0.15) is 5.60 Å². The second-order valence-corrected chi connectivity index (χ2v) is 5.41. The van der Waals surface area contributed by atoms with Crippen LogP contribution in [0.4, 0.5) is 4.79 Å². The SMILES string of the molecule is CCOC(=O)[C@@H]1CN(C(=O)OC(C)(C)C)C[C@@H]1N. The van der Waals surface area contributed by atoms with Crippen molar-refractivity contribution in [1.82, 2.24) is 4.90 Å². The minimum Gasteiger partial charge on any atom is -0.466 e. The van der Waals surface area contributed by atoms with E-state index in [0.29, 0.717) is 13.2 Å². The monoisotopic (exact) mass is 258 g/mol. The van der Waals surface area contributed by atoms with E-state index in [1.165, 1.54) is 4.90 Å². The number of nitrogens with two attached hydrogens (primary N) is 1. The number of ether oxygens (including phenoxy) is 2. The predicted octanol–water partition coefficient (Wildman–Crippen LogP) is 0.744. The van der Waals surface area contributed by atoms with Crippen molar-refractivity contribution in [3.05, 3.63) is 0 Å². The van der Waals surface area contributed by atoms with Crippen LogP contribution in [0.25, 0.3) is 0 Å². The molecule has 0 bridgehead atoms. The molecule has 0 aromatic rings. The molecule has 1 amide bonds. The highest BCUT2D eigenvalue weighted by Gasteiger charge is 2.39. The van der Waals surface area contributed by atoms with Gasteiger partial charge in [0, 0.05) is 19.1 Å². The van der Waals surface area contributed by atoms with Crippen molar-refractivity contribution in [3.8, 4) is 0 Å². The first kappa shape index (κ1) is 14.8. The van der Waals surface area contributed by atoms with E-state index < -0.39 is 23.7 Å². The van der Waals surface area contributed by atoms with E-state index in [-0.39, 0.29) is 12.5 Å². The summed E-state index contributed by atoms with van der Waals surface area (Å²) in [6.45, 7) is 8.02. The lowest BCUT2D eigenvalue weighted by Crippen LogP contribution is -2.36. The van der Waals surface area contributed by atoms with E-state index >= 15 is 0 Å². The number of esters is 1. The highest BCUT2D eigenvalue weighted by atomic mass is 16.6. The standard InChI is InChI=1S/C12H22N2O4/c1-5-17-10(15)8-6-14(7-9(8)13)11(16)18-12(2,3)4/h8-9H,5-7,13H2,1-4H3/t8-,9+/m1/s1. The molecular weight excluding hydrogens is 236 g/mol. The van der Waals surface area contributed by atoms with Crippen molar-refractivity contribution >= 4 is 12.1 Å². The number of hydrogen-bond acceptors (Lipinski definition) is 5. The van der Waals surface area contributed by atoms with Crippen molar-refractivity contribution in [3.63, 3.8) is 0 Å². The van der Waals surface area contributed by atoms with Crippen molar-refractivity contribution in [2.75, 3.05) is 19.7 Å². The summed E-state index contributed by atoms with van der Waals surface area (Å²) in [5.41, 5.74) is 5.30. The molecule has 0 unspecified atom stereocenters. The summed E-state index contributed by atoms with van der Waals surface area (Å²) < 4.78 is 10.2. The van der Waals surface area contributed by atoms with Crippen LogP contribution >= 0.6 is 0 Å². The van der Waals surface area contributed by atoms with Gasteiger partial charge in [-0.3, -0.25) is 4.79 Å². The predicted molar refractivity (Wildman–Crippen MR) is 65.9 cm³/mol. The van der Waals surface area contributed by atoms with E-state index in [2.05, 4.69) is 0 Å². The third kappa shape index (κ3) is 3.87. The summed E-state index contributed by atoms with van der Waals surface area (Å²) in [5, 5.41) is 0. The summed E-state index contributed by atoms with van der Waals surface area (Å²) in [5.74, 6) is -0.812. The number of hydrogen-bond donors (Lipinski definition) is 1. The zero-order valence-corrected chi connectivity index (χ0v) is 11.4. The molecule has 104 valence electrons. The fourth-order valence-electron chi connectivity index (χ4n) is 1.80. The molecule has 1 heterocycles. The first-order valence-corrected chi connectivity index (χ1v) is 6.14. The lowest BCUT2D eigenvalue weighted by molar-refractivity contribution is -0.147. The molecule has 2 N–H and O–H groups in total. The van der Waals surface area contributed by atoms with E-state index in [1.807, 2.05) is 0 Å². The molecule has 6 heteroatoms. The van der Waals surface area contributed by atoms with Crippen LogP contribution in [-0.2, 0) is 14.3 Å². The molecule has 0 saturated carbocycles. The van der Waals surface area contributed by atoms with Gasteiger partial charge in [-0.15, -0.1) is 0 Å². The maximum absolute atomic E-state index is 11.8. The Morgan fingerprint density at radius 2 is 1.94 bits per heavy atom. The molecule has 1 saturated heterocycles. The Labute approximate surface area is 107 Å². The van der Waals surface area contributed by atoms with E-state index in [1.54, 1.807) is 27.7 Å². The average Bonchev–Trinajstić information content (AvgIpc) is 2.58. The van der Waals surface area contributed by atoms with Gasteiger partial charge in [-0.25, -0.2) is 4.79 Å². The minimum absolute atomic E-state index is 0.259. The van der Waals surface area contributed by atoms with Crippen LogP contribution < -0.4 is 5.73 Å². The summed E-state index contributed by atoms with van der Waals surface area (Å²) >= 11 is 0. The molecule has 1 aliphatic heterocycles. The molecule has 0 aromatic carbocycles. The summed E-state index contributed by atoms with van der Waals surface area (Å²) in [7, 11) is 0. The largest absolute Gasteiger partial charge is 0.466 e. The molecule has 1 fully saturated rings. The van der Waals surface area contributed by atoms with Crippen LogP contribution in [0.1, 0.15) is 27.7 Å². The molecule has 0 spiro atoms. The van der Waals surface area contributed by atoms with E-state index in [0.717, 1.165) is 0 Å². The molecule has 6 nitrogen and oxygen atoms in total. The van der Waals surface area contributed by atoms with Crippen LogP contribution in [0.5, 0.6) is 0 Å². The summed E-state index contributed by atoms with van der Waals surface area (Å²) in [6, 6.07) is -0.392. The number of rotatable bonds is 2. The number of carbonyl (C=O) groups is 2. The Balaban J connectivity index is 2.58. The highest BCUT2D eigenvalue weighted by Crippen LogP contribution is 2.20. The number of carbonyl (C=O) groups excluding carboxylic acids is 2. The molecular formula is C12H22N2O4. The van der Waals surface area contributed by atoms with Gasteiger partial charge in [0.2, 0.25) is 0 Å². The average molecular weight is 258 g/mol. The molecule has 1 aliphatic rings. The Bertz CT molecular complexity index is 325. The minimum atomic E-state index is -0.552. The maximum Gasteiger partial charge on any atom is 0.410 e. The molecule has 18 heavy (non-hydrogen) atoms. The molecule has 2 atom stereocenters. The zero-order chi connectivity index (χ0) is 13.9. The van der Waals surface area contributed by atoms with Gasteiger partial charge in [-0.2, -0.15) is 0 Å². The molecule has 0 aromatic heterocycles. The quantitative estimate of drug-likeness (QED) is 0.739. The van der Waals surface area contributed by atoms with Crippen LogP contribution in [0.2, 0.25) is 0 Å². The van der Waals surface area contributed by atoms with Crippen molar-refractivity contribution < 1.29 is 19.1 Å². The zero-order valence-electron chi connectivity index (χ0n) is 11.4. The van der Waals surface area contributed by atoms with Gasteiger partial charge in [0.25, 0.3) is 0 Å². The smallest absolute Gasteiger partial charge is 0.410 e. The lowest BCUT2D eigenvalue weighted by Gasteiger charge is -2.24. The van der Waals surface area contributed by atoms with E-state index in [4.69, 9.17) is 15.2 Å². The molecule has 0 radical (unpaired) electrons. The first-order valence-electron chi connectivity index (χ1n) is 6.14. The fraction of sp³-hybridized carbons (Fsp3) is 0.833. The maximum atomic E-state index is 11.8. The number of likely N-dealkylation sites (tertiary alicyclic amines) is 1. The Kier molecular flexibility index (Phi) is 4.56. The van der Waals surface area contributed by atoms with Gasteiger partial charge in [0.05, 0.1) is 12.5 Å². The van der Waals surface area contributed by atoms with Gasteiger partial charge in [0.15, 0.2) is 0 Å². The van der Waals surface area contributed by atoms with E-state index in [9.17, 15) is 9.59 Å². The normalized spacial score (nSPS) is 23.9. The van der Waals surface area contributed by atoms with Gasteiger partial charge in [-0.05, 0) is 27.7 Å². The number of nitrogens with zero attached hydrogens (tertiary/aromatic N) is 1. The third-order valence-corrected chi connectivity index (χ3v) is 2.61. The molecule has 0 aliphatic carbocycles. The fourth-order valence-corrected chi connectivity index (χ4v) is 1.80. The van der Waals surface area contributed by atoms with Gasteiger partial charge < -0.3 is 20.1 Å². The van der Waals surface area contributed by atoms with Crippen LogP contribution in [0, 0.1) is 5.92 Å². The second kappa shape index (κ2) is 5.56.